The Morgan fingerprint density at radius 2 is 2.30 bits per heavy atom. The molecule has 1 aliphatic rings. The molecular weight excluding hydrogens is 256 g/mol. The lowest BCUT2D eigenvalue weighted by Gasteiger charge is -2.41. The van der Waals surface area contributed by atoms with Crippen molar-refractivity contribution >= 4 is 5.97 Å². The van der Waals surface area contributed by atoms with Gasteiger partial charge in [0.2, 0.25) is 0 Å². The molecule has 1 aromatic carbocycles. The van der Waals surface area contributed by atoms with E-state index in [4.69, 9.17) is 15.1 Å². The quantitative estimate of drug-likeness (QED) is 0.885. The van der Waals surface area contributed by atoms with Crippen molar-refractivity contribution in [1.82, 2.24) is 4.90 Å². The molecule has 0 aliphatic carbocycles. The summed E-state index contributed by atoms with van der Waals surface area (Å²) in [6.45, 7) is 3.98. The maximum atomic E-state index is 10.9. The highest BCUT2D eigenvalue weighted by Crippen LogP contribution is 2.28. The van der Waals surface area contributed by atoms with E-state index in [0.717, 1.165) is 24.4 Å². The highest BCUT2D eigenvalue weighted by atomic mass is 16.5. The Morgan fingerprint density at radius 3 is 2.85 bits per heavy atom. The number of nitriles is 1. The summed E-state index contributed by atoms with van der Waals surface area (Å²) in [7, 11) is 1.61. The zero-order chi connectivity index (χ0) is 14.7. The number of benzene rings is 1. The number of likely N-dealkylation sites (tertiary alicyclic amines) is 1. The molecule has 20 heavy (non-hydrogen) atoms. The smallest absolute Gasteiger partial charge is 0.306 e. The van der Waals surface area contributed by atoms with E-state index in [2.05, 4.69) is 11.0 Å². The molecule has 106 valence electrons. The average molecular weight is 274 g/mol. The van der Waals surface area contributed by atoms with E-state index in [1.807, 2.05) is 6.07 Å². The van der Waals surface area contributed by atoms with Crippen LogP contribution < -0.4 is 4.74 Å². The van der Waals surface area contributed by atoms with Crippen molar-refractivity contribution in [3.63, 3.8) is 0 Å². The number of nitrogens with zero attached hydrogens (tertiary/aromatic N) is 2. The molecule has 0 saturated carbocycles. The summed E-state index contributed by atoms with van der Waals surface area (Å²) in [6, 6.07) is 7.47. The van der Waals surface area contributed by atoms with Crippen LogP contribution in [-0.4, -0.2) is 36.2 Å². The van der Waals surface area contributed by atoms with Crippen LogP contribution in [0.4, 0.5) is 0 Å². The van der Waals surface area contributed by atoms with Gasteiger partial charge in [0, 0.05) is 25.2 Å². The molecular formula is C15H18N2O3. The third-order valence-corrected chi connectivity index (χ3v) is 3.89. The van der Waals surface area contributed by atoms with Crippen molar-refractivity contribution in [1.29, 1.82) is 5.26 Å². The van der Waals surface area contributed by atoms with Crippen LogP contribution in [0.1, 0.15) is 18.1 Å². The van der Waals surface area contributed by atoms with Gasteiger partial charge >= 0.3 is 5.97 Å². The number of rotatable bonds is 5. The van der Waals surface area contributed by atoms with Crippen LogP contribution in [0.3, 0.4) is 0 Å². The Balaban J connectivity index is 1.99. The topological polar surface area (TPSA) is 73.6 Å². The fraction of sp³-hybridized carbons (Fsp3) is 0.467. The van der Waals surface area contributed by atoms with Crippen LogP contribution in [0.25, 0.3) is 0 Å². The first-order chi connectivity index (χ1) is 9.55. The van der Waals surface area contributed by atoms with Gasteiger partial charge in [0.05, 0.1) is 24.7 Å². The lowest BCUT2D eigenvalue weighted by Crippen LogP contribution is -2.50. The van der Waals surface area contributed by atoms with E-state index in [1.165, 1.54) is 0 Å². The van der Waals surface area contributed by atoms with Gasteiger partial charge in [-0.1, -0.05) is 6.92 Å². The van der Waals surface area contributed by atoms with Crippen LogP contribution >= 0.6 is 0 Å². The molecule has 1 unspecified atom stereocenters. The Hall–Kier alpha value is -2.06. The van der Waals surface area contributed by atoms with E-state index < -0.39 is 5.97 Å². The van der Waals surface area contributed by atoms with Gasteiger partial charge in [-0.3, -0.25) is 9.69 Å². The van der Waals surface area contributed by atoms with E-state index in [-0.39, 0.29) is 11.8 Å². The van der Waals surface area contributed by atoms with Crippen molar-refractivity contribution in [2.24, 2.45) is 11.8 Å². The number of hydrogen-bond acceptors (Lipinski definition) is 4. The van der Waals surface area contributed by atoms with Gasteiger partial charge in [-0.15, -0.1) is 0 Å². The zero-order valence-corrected chi connectivity index (χ0v) is 11.7. The minimum absolute atomic E-state index is 0.206. The number of carboxylic acid groups (broad SMARTS) is 1. The predicted molar refractivity (Wildman–Crippen MR) is 73.3 cm³/mol. The Morgan fingerprint density at radius 1 is 1.60 bits per heavy atom. The second-order valence-corrected chi connectivity index (χ2v) is 5.22. The minimum Gasteiger partial charge on any atom is -0.496 e. The highest BCUT2D eigenvalue weighted by molar-refractivity contribution is 5.70. The predicted octanol–water partition coefficient (Wildman–Crippen LogP) is 1.72. The first-order valence-electron chi connectivity index (χ1n) is 6.57. The van der Waals surface area contributed by atoms with Gasteiger partial charge in [0.1, 0.15) is 5.75 Å². The first kappa shape index (κ1) is 14.4. The summed E-state index contributed by atoms with van der Waals surface area (Å²) in [6.07, 6.45) is 0. The van der Waals surface area contributed by atoms with Crippen LogP contribution in [0.5, 0.6) is 5.75 Å². The highest BCUT2D eigenvalue weighted by Gasteiger charge is 2.34. The fourth-order valence-electron chi connectivity index (χ4n) is 2.47. The molecule has 1 aromatic rings. The van der Waals surface area contributed by atoms with Crippen LogP contribution in [0.15, 0.2) is 18.2 Å². The number of methoxy groups -OCH3 is 1. The lowest BCUT2D eigenvalue weighted by atomic mass is 9.87. The summed E-state index contributed by atoms with van der Waals surface area (Å²) >= 11 is 0. The summed E-state index contributed by atoms with van der Waals surface area (Å²) in [5, 5.41) is 17.9. The molecule has 5 nitrogen and oxygen atoms in total. The molecule has 0 aromatic heterocycles. The van der Waals surface area contributed by atoms with Gasteiger partial charge in [-0.05, 0) is 24.1 Å². The molecule has 0 spiro atoms. The molecule has 1 saturated heterocycles. The molecule has 1 heterocycles. The molecule has 2 rings (SSSR count). The monoisotopic (exact) mass is 274 g/mol. The van der Waals surface area contributed by atoms with Gasteiger partial charge in [0.15, 0.2) is 0 Å². The number of ether oxygens (including phenoxy) is 1. The lowest BCUT2D eigenvalue weighted by molar-refractivity contribution is -0.145. The van der Waals surface area contributed by atoms with Crippen molar-refractivity contribution in [3.8, 4) is 11.8 Å². The maximum absolute atomic E-state index is 10.9. The third-order valence-electron chi connectivity index (χ3n) is 3.89. The van der Waals surface area contributed by atoms with E-state index >= 15 is 0 Å². The van der Waals surface area contributed by atoms with Crippen molar-refractivity contribution < 1.29 is 14.6 Å². The summed E-state index contributed by atoms with van der Waals surface area (Å²) < 4.78 is 5.30. The average Bonchev–Trinajstić information content (AvgIpc) is 2.41. The van der Waals surface area contributed by atoms with Crippen molar-refractivity contribution in [2.45, 2.75) is 13.5 Å². The molecule has 0 radical (unpaired) electrons. The Bertz CT molecular complexity index is 545. The largest absolute Gasteiger partial charge is 0.496 e. The summed E-state index contributed by atoms with van der Waals surface area (Å²) in [5.41, 5.74) is 1.57. The molecule has 1 N–H and O–H groups in total. The van der Waals surface area contributed by atoms with E-state index in [9.17, 15) is 4.79 Å². The van der Waals surface area contributed by atoms with Crippen LogP contribution in [0.2, 0.25) is 0 Å². The van der Waals surface area contributed by atoms with Crippen LogP contribution in [0, 0.1) is 23.2 Å². The van der Waals surface area contributed by atoms with E-state index in [1.54, 1.807) is 26.2 Å². The maximum Gasteiger partial charge on any atom is 0.306 e. The molecule has 1 atom stereocenters. The van der Waals surface area contributed by atoms with Gasteiger partial charge in [-0.25, -0.2) is 0 Å². The standard InChI is InChI=1S/C15H18N2O3/c1-10(15(18)19)13-8-17(9-13)7-12-5-11(6-16)3-4-14(12)20-2/h3-5,10,13H,7-9H2,1-2H3,(H,18,19). The number of hydrogen-bond donors (Lipinski definition) is 1. The summed E-state index contributed by atoms with van der Waals surface area (Å²) in [4.78, 5) is 13.1. The van der Waals surface area contributed by atoms with Gasteiger partial charge < -0.3 is 9.84 Å². The Kier molecular flexibility index (Phi) is 4.26. The fourth-order valence-corrected chi connectivity index (χ4v) is 2.47. The zero-order valence-electron chi connectivity index (χ0n) is 11.7. The second kappa shape index (κ2) is 5.93. The number of carboxylic acids is 1. The van der Waals surface area contributed by atoms with Crippen LogP contribution in [-0.2, 0) is 11.3 Å². The Labute approximate surface area is 118 Å². The molecule has 1 aliphatic heterocycles. The molecule has 1 fully saturated rings. The van der Waals surface area contributed by atoms with Gasteiger partial charge in [-0.2, -0.15) is 5.26 Å². The van der Waals surface area contributed by atoms with E-state index in [0.29, 0.717) is 12.1 Å². The molecule has 5 heteroatoms. The molecule has 0 amide bonds. The first-order valence-corrected chi connectivity index (χ1v) is 6.57. The minimum atomic E-state index is -0.737. The number of aliphatic carboxylic acids is 1. The molecule has 0 bridgehead atoms. The number of carbonyl (C=O) groups is 1. The summed E-state index contributed by atoms with van der Waals surface area (Å²) in [5.74, 6) is -0.0753. The van der Waals surface area contributed by atoms with Crippen molar-refractivity contribution in [2.75, 3.05) is 20.2 Å². The SMILES string of the molecule is COc1ccc(C#N)cc1CN1CC(C(C)C(=O)O)C1. The van der Waals surface area contributed by atoms with Crippen molar-refractivity contribution in [3.05, 3.63) is 29.3 Å². The second-order valence-electron chi connectivity index (χ2n) is 5.22. The van der Waals surface area contributed by atoms with Gasteiger partial charge in [0.25, 0.3) is 0 Å². The normalized spacial score (nSPS) is 17.1. The third kappa shape index (κ3) is 2.91.